The van der Waals surface area contributed by atoms with Crippen LogP contribution in [0.2, 0.25) is 0 Å². The number of nitrogens with one attached hydrogen (secondary N) is 3. The fourth-order valence-corrected chi connectivity index (χ4v) is 3.75. The van der Waals surface area contributed by atoms with Gasteiger partial charge in [0.05, 0.1) is 23.8 Å². The van der Waals surface area contributed by atoms with Gasteiger partial charge in [-0.1, -0.05) is 32.0 Å². The van der Waals surface area contributed by atoms with E-state index in [1.54, 1.807) is 43.1 Å². The molecule has 1 heterocycles. The van der Waals surface area contributed by atoms with Gasteiger partial charge >= 0.3 is 18.2 Å². The van der Waals surface area contributed by atoms with Gasteiger partial charge in [-0.3, -0.25) is 0 Å². The van der Waals surface area contributed by atoms with Crippen LogP contribution in [0.4, 0.5) is 29.3 Å². The minimum Gasteiger partial charge on any atom is -0.462 e. The van der Waals surface area contributed by atoms with E-state index in [2.05, 4.69) is 16.0 Å². The minimum atomic E-state index is -4.51. The number of anilines is 2. The number of allylic oxidation sites excluding steroid dienone is 1. The molecule has 0 aromatic heterocycles. The zero-order valence-electron chi connectivity index (χ0n) is 20.2. The molecule has 0 saturated heterocycles. The molecule has 192 valence electrons. The van der Waals surface area contributed by atoms with Gasteiger partial charge in [-0.15, -0.1) is 0 Å². The van der Waals surface area contributed by atoms with Gasteiger partial charge in [0, 0.05) is 24.1 Å². The van der Waals surface area contributed by atoms with Gasteiger partial charge in [-0.2, -0.15) is 13.2 Å². The summed E-state index contributed by atoms with van der Waals surface area (Å²) >= 11 is 5.40. The van der Waals surface area contributed by atoms with Crippen LogP contribution < -0.4 is 16.0 Å². The number of hydrogen-bond donors (Lipinski definition) is 3. The quantitative estimate of drug-likeness (QED) is 0.336. The zero-order valence-corrected chi connectivity index (χ0v) is 21.0. The number of rotatable bonds is 6. The van der Waals surface area contributed by atoms with Gasteiger partial charge in [0.25, 0.3) is 0 Å². The highest BCUT2D eigenvalue weighted by atomic mass is 32.1. The molecule has 36 heavy (non-hydrogen) atoms. The van der Waals surface area contributed by atoms with Gasteiger partial charge in [-0.25, -0.2) is 9.59 Å². The van der Waals surface area contributed by atoms with Crippen molar-refractivity contribution in [3.8, 4) is 0 Å². The number of urea groups is 1. The highest BCUT2D eigenvalue weighted by Gasteiger charge is 2.33. The summed E-state index contributed by atoms with van der Waals surface area (Å²) in [5, 5.41) is 8.56. The third-order valence-corrected chi connectivity index (χ3v) is 5.86. The fraction of sp³-hybridized carbons (Fsp3) is 0.320. The van der Waals surface area contributed by atoms with Crippen LogP contribution in [0.3, 0.4) is 0 Å². The van der Waals surface area contributed by atoms with Crippen molar-refractivity contribution < 1.29 is 27.5 Å². The largest absolute Gasteiger partial charge is 0.462 e. The van der Waals surface area contributed by atoms with Gasteiger partial charge < -0.3 is 25.6 Å². The smallest absolute Gasteiger partial charge is 0.416 e. The lowest BCUT2D eigenvalue weighted by Gasteiger charge is -2.35. The lowest BCUT2D eigenvalue weighted by Crippen LogP contribution is -2.46. The lowest BCUT2D eigenvalue weighted by molar-refractivity contribution is -0.140. The first-order valence-corrected chi connectivity index (χ1v) is 11.5. The van der Waals surface area contributed by atoms with E-state index in [-0.39, 0.29) is 18.2 Å². The number of halogens is 3. The van der Waals surface area contributed by atoms with E-state index in [1.807, 2.05) is 13.8 Å². The molecule has 0 fully saturated rings. The molecular weight excluding hydrogens is 493 g/mol. The first-order chi connectivity index (χ1) is 16.9. The van der Waals surface area contributed by atoms with Crippen LogP contribution in [0.5, 0.6) is 0 Å². The summed E-state index contributed by atoms with van der Waals surface area (Å²) in [5.41, 5.74) is 1.36. The van der Waals surface area contributed by atoms with Crippen molar-refractivity contribution in [2.75, 3.05) is 24.3 Å². The maximum atomic E-state index is 12.9. The molecule has 11 heteroatoms. The molecule has 3 rings (SSSR count). The molecule has 2 aromatic rings. The molecule has 0 saturated carbocycles. The topological polar surface area (TPSA) is 82.7 Å². The second kappa shape index (κ2) is 11.0. The normalized spacial score (nSPS) is 16.1. The summed E-state index contributed by atoms with van der Waals surface area (Å²) in [4.78, 5) is 26.9. The van der Waals surface area contributed by atoms with E-state index in [0.29, 0.717) is 27.6 Å². The third-order valence-electron chi connectivity index (χ3n) is 5.47. The van der Waals surface area contributed by atoms with Crippen LogP contribution in [0, 0.1) is 5.92 Å². The molecule has 2 amide bonds. The first-order valence-electron chi connectivity index (χ1n) is 11.1. The Morgan fingerprint density at radius 2 is 1.75 bits per heavy atom. The van der Waals surface area contributed by atoms with Crippen molar-refractivity contribution >= 4 is 40.7 Å². The molecule has 0 spiro atoms. The van der Waals surface area contributed by atoms with Crippen LogP contribution in [-0.2, 0) is 15.7 Å². The number of esters is 1. The Hall–Kier alpha value is -3.60. The van der Waals surface area contributed by atoms with Gasteiger partial charge in [0.15, 0.2) is 5.11 Å². The van der Waals surface area contributed by atoms with Crippen molar-refractivity contribution in [1.29, 1.82) is 0 Å². The third kappa shape index (κ3) is 6.54. The van der Waals surface area contributed by atoms with Crippen LogP contribution in [0.15, 0.2) is 59.8 Å². The Morgan fingerprint density at radius 1 is 1.11 bits per heavy atom. The second-order valence-electron chi connectivity index (χ2n) is 8.71. The van der Waals surface area contributed by atoms with Crippen molar-refractivity contribution in [1.82, 2.24) is 10.2 Å². The molecule has 7 nitrogen and oxygen atoms in total. The number of carbonyl (C=O) groups excluding carboxylic acids is 2. The number of hydrogen-bond acceptors (Lipinski definition) is 4. The predicted molar refractivity (Wildman–Crippen MR) is 135 cm³/mol. The summed E-state index contributed by atoms with van der Waals surface area (Å²) < 4.78 is 44.1. The van der Waals surface area contributed by atoms with E-state index >= 15 is 0 Å². The van der Waals surface area contributed by atoms with Crippen LogP contribution in [0.25, 0.3) is 0 Å². The van der Waals surface area contributed by atoms with E-state index in [0.717, 1.165) is 12.1 Å². The predicted octanol–water partition coefficient (Wildman–Crippen LogP) is 5.68. The highest BCUT2D eigenvalue weighted by molar-refractivity contribution is 7.80. The standard InChI is InChI=1S/C25H27F3N4O3S/c1-14(2)13-35-22(33)20-15(3)32(4)24(36)31-21(20)16-8-10-18(11-9-16)29-23(34)30-19-7-5-6-17(12-19)25(26,27)28/h5-12,14,21H,13H2,1-4H3,(H,31,36)(H2,29,30,34). The van der Waals surface area contributed by atoms with Crippen molar-refractivity contribution in [3.63, 3.8) is 0 Å². The second-order valence-corrected chi connectivity index (χ2v) is 9.10. The molecule has 1 aliphatic heterocycles. The van der Waals surface area contributed by atoms with Crippen molar-refractivity contribution in [2.45, 2.75) is 33.0 Å². The Bertz CT molecular complexity index is 1180. The molecular formula is C25H27F3N4O3S. The summed E-state index contributed by atoms with van der Waals surface area (Å²) in [6.45, 7) is 5.96. The Balaban J connectivity index is 1.75. The maximum absolute atomic E-state index is 12.9. The lowest BCUT2D eigenvalue weighted by atomic mass is 9.95. The van der Waals surface area contributed by atoms with Crippen molar-refractivity contribution in [2.24, 2.45) is 5.92 Å². The van der Waals surface area contributed by atoms with Crippen LogP contribution >= 0.6 is 12.2 Å². The SMILES string of the molecule is CC1=C(C(=O)OCC(C)C)C(c2ccc(NC(=O)Nc3cccc(C(F)(F)F)c3)cc2)NC(=S)N1C. The zero-order chi connectivity index (χ0) is 26.6. The summed E-state index contributed by atoms with van der Waals surface area (Å²) in [5.74, 6) is -0.271. The van der Waals surface area contributed by atoms with Gasteiger partial charge in [-0.05, 0) is 61.0 Å². The summed E-state index contributed by atoms with van der Waals surface area (Å²) in [6.07, 6.45) is -4.51. The van der Waals surface area contributed by atoms with E-state index in [4.69, 9.17) is 17.0 Å². The number of ether oxygens (including phenoxy) is 1. The average Bonchev–Trinajstić information content (AvgIpc) is 2.81. The fourth-order valence-electron chi connectivity index (χ4n) is 3.50. The van der Waals surface area contributed by atoms with E-state index in [1.165, 1.54) is 12.1 Å². The maximum Gasteiger partial charge on any atom is 0.416 e. The summed E-state index contributed by atoms with van der Waals surface area (Å²) in [6, 6.07) is 9.78. The van der Waals surface area contributed by atoms with Crippen molar-refractivity contribution in [3.05, 3.63) is 70.9 Å². The molecule has 3 N–H and O–H groups in total. The minimum absolute atomic E-state index is 0.00754. The number of benzene rings is 2. The van der Waals surface area contributed by atoms with E-state index in [9.17, 15) is 22.8 Å². The number of amides is 2. The molecule has 0 bridgehead atoms. The van der Waals surface area contributed by atoms with Crippen LogP contribution in [-0.4, -0.2) is 35.7 Å². The molecule has 1 aliphatic rings. The summed E-state index contributed by atoms with van der Waals surface area (Å²) in [7, 11) is 1.76. The average molecular weight is 521 g/mol. The monoisotopic (exact) mass is 520 g/mol. The highest BCUT2D eigenvalue weighted by Crippen LogP contribution is 2.32. The van der Waals surface area contributed by atoms with Crippen LogP contribution in [0.1, 0.15) is 37.9 Å². The molecule has 0 aliphatic carbocycles. The number of thiocarbonyl (C=S) groups is 1. The number of carbonyl (C=O) groups is 2. The van der Waals surface area contributed by atoms with Gasteiger partial charge in [0.1, 0.15) is 0 Å². The van der Waals surface area contributed by atoms with Gasteiger partial charge in [0.2, 0.25) is 0 Å². The Morgan fingerprint density at radius 3 is 2.36 bits per heavy atom. The van der Waals surface area contributed by atoms with E-state index < -0.39 is 29.8 Å². The number of alkyl halides is 3. The molecule has 1 unspecified atom stereocenters. The first kappa shape index (κ1) is 27.0. The molecule has 1 atom stereocenters. The number of nitrogens with zero attached hydrogens (tertiary/aromatic N) is 1. The molecule has 0 radical (unpaired) electrons. The Labute approximate surface area is 212 Å². The Kier molecular flexibility index (Phi) is 8.24. The molecule has 2 aromatic carbocycles.